The van der Waals surface area contributed by atoms with Crippen LogP contribution in [0.3, 0.4) is 0 Å². The van der Waals surface area contributed by atoms with Crippen molar-refractivity contribution in [3.8, 4) is 0 Å². The maximum absolute atomic E-state index is 12.6. The van der Waals surface area contributed by atoms with E-state index >= 15 is 0 Å². The second-order valence-electron chi connectivity index (χ2n) is 8.55. The normalized spacial score (nSPS) is 23.0. The SMILES string of the molecule is CC(C)N(C(=O)O/C=C1/CCCCC[C@]1(C)[C@H](O)c1ccc(Br)cc1)C(C)C. The summed E-state index contributed by atoms with van der Waals surface area (Å²) in [5.74, 6) is 0. The van der Waals surface area contributed by atoms with E-state index in [1.54, 1.807) is 11.2 Å². The van der Waals surface area contributed by atoms with Gasteiger partial charge in [0.15, 0.2) is 0 Å². The van der Waals surface area contributed by atoms with Crippen LogP contribution >= 0.6 is 15.9 Å². The third-order valence-electron chi connectivity index (χ3n) is 5.79. The average Bonchev–Trinajstić information content (AvgIpc) is 2.81. The van der Waals surface area contributed by atoms with Crippen LogP contribution < -0.4 is 0 Å². The highest BCUT2D eigenvalue weighted by Gasteiger charge is 2.39. The summed E-state index contributed by atoms with van der Waals surface area (Å²) in [6.45, 7) is 10.0. The summed E-state index contributed by atoms with van der Waals surface area (Å²) in [7, 11) is 0. The lowest BCUT2D eigenvalue weighted by molar-refractivity contribution is 0.0512. The van der Waals surface area contributed by atoms with Gasteiger partial charge in [0.25, 0.3) is 0 Å². The molecule has 0 aliphatic heterocycles. The molecule has 28 heavy (non-hydrogen) atoms. The van der Waals surface area contributed by atoms with Crippen LogP contribution in [-0.2, 0) is 4.74 Å². The molecule has 1 amide bonds. The summed E-state index contributed by atoms with van der Waals surface area (Å²) in [4.78, 5) is 14.4. The first-order valence-electron chi connectivity index (χ1n) is 10.3. The highest BCUT2D eigenvalue weighted by Crippen LogP contribution is 2.48. The van der Waals surface area contributed by atoms with Crippen molar-refractivity contribution in [2.75, 3.05) is 0 Å². The van der Waals surface area contributed by atoms with Gasteiger partial charge in [0.05, 0.1) is 12.4 Å². The zero-order valence-electron chi connectivity index (χ0n) is 17.7. The van der Waals surface area contributed by atoms with Crippen molar-refractivity contribution in [1.82, 2.24) is 4.90 Å². The van der Waals surface area contributed by atoms with Gasteiger partial charge in [-0.3, -0.25) is 0 Å². The molecule has 0 radical (unpaired) electrons. The number of aliphatic hydroxyl groups is 1. The van der Waals surface area contributed by atoms with E-state index in [1.165, 1.54) is 0 Å². The van der Waals surface area contributed by atoms with Crippen molar-refractivity contribution >= 4 is 22.0 Å². The lowest BCUT2D eigenvalue weighted by Gasteiger charge is -2.36. The van der Waals surface area contributed by atoms with Crippen LogP contribution in [0.4, 0.5) is 4.79 Å². The number of aliphatic hydroxyl groups excluding tert-OH is 1. The number of hydrogen-bond acceptors (Lipinski definition) is 3. The Balaban J connectivity index is 2.29. The topological polar surface area (TPSA) is 49.8 Å². The average molecular weight is 452 g/mol. The summed E-state index contributed by atoms with van der Waals surface area (Å²) >= 11 is 3.45. The Morgan fingerprint density at radius 1 is 1.14 bits per heavy atom. The Bertz CT molecular complexity index is 676. The van der Waals surface area contributed by atoms with Gasteiger partial charge >= 0.3 is 6.09 Å². The number of nitrogens with zero attached hydrogens (tertiary/aromatic N) is 1. The molecular formula is C23H34BrNO3. The maximum Gasteiger partial charge on any atom is 0.415 e. The highest BCUT2D eigenvalue weighted by atomic mass is 79.9. The lowest BCUT2D eigenvalue weighted by Crippen LogP contribution is -2.42. The smallest absolute Gasteiger partial charge is 0.415 e. The van der Waals surface area contributed by atoms with E-state index in [0.29, 0.717) is 0 Å². The van der Waals surface area contributed by atoms with Gasteiger partial charge in [-0.1, -0.05) is 47.8 Å². The van der Waals surface area contributed by atoms with Crippen LogP contribution in [0.1, 0.15) is 78.4 Å². The lowest BCUT2D eigenvalue weighted by atomic mass is 9.72. The molecule has 0 saturated heterocycles. The van der Waals surface area contributed by atoms with Crippen LogP contribution in [-0.4, -0.2) is 28.2 Å². The molecule has 0 heterocycles. The number of benzene rings is 1. The molecule has 1 aliphatic rings. The van der Waals surface area contributed by atoms with Gasteiger partial charge < -0.3 is 14.7 Å². The number of amides is 1. The van der Waals surface area contributed by atoms with Crippen molar-refractivity contribution in [2.24, 2.45) is 5.41 Å². The fourth-order valence-corrected chi connectivity index (χ4v) is 4.41. The molecule has 0 spiro atoms. The second kappa shape index (κ2) is 9.93. The van der Waals surface area contributed by atoms with E-state index in [1.807, 2.05) is 52.0 Å². The van der Waals surface area contributed by atoms with Gasteiger partial charge in [-0.15, -0.1) is 0 Å². The summed E-state index contributed by atoms with van der Waals surface area (Å²) in [5.41, 5.74) is 1.45. The molecule has 1 fully saturated rings. The minimum atomic E-state index is -0.644. The number of hydrogen-bond donors (Lipinski definition) is 1. The molecular weight excluding hydrogens is 418 g/mol. The number of halogens is 1. The predicted octanol–water partition coefficient (Wildman–Crippen LogP) is 6.59. The van der Waals surface area contributed by atoms with Crippen molar-refractivity contribution in [3.05, 3.63) is 46.1 Å². The monoisotopic (exact) mass is 451 g/mol. The maximum atomic E-state index is 12.6. The quantitative estimate of drug-likeness (QED) is 0.405. The molecule has 0 aromatic heterocycles. The number of carbonyl (C=O) groups is 1. The van der Waals surface area contributed by atoms with Crippen LogP contribution in [0.2, 0.25) is 0 Å². The van der Waals surface area contributed by atoms with Gasteiger partial charge in [0.2, 0.25) is 0 Å². The fourth-order valence-electron chi connectivity index (χ4n) is 4.15. The molecule has 156 valence electrons. The second-order valence-corrected chi connectivity index (χ2v) is 9.47. The Morgan fingerprint density at radius 2 is 1.75 bits per heavy atom. The summed E-state index contributed by atoms with van der Waals surface area (Å²) in [6.07, 6.45) is 5.57. The highest BCUT2D eigenvalue weighted by molar-refractivity contribution is 9.10. The fraction of sp³-hybridized carbons (Fsp3) is 0.609. The third-order valence-corrected chi connectivity index (χ3v) is 6.32. The van der Waals surface area contributed by atoms with Crippen molar-refractivity contribution in [2.45, 2.75) is 84.9 Å². The van der Waals surface area contributed by atoms with Gasteiger partial charge in [-0.05, 0) is 70.2 Å². The standard InChI is InChI=1S/C23H34BrNO3/c1-16(2)25(17(3)4)22(27)28-15-19-9-7-6-8-14-23(19,5)21(26)18-10-12-20(24)13-11-18/h10-13,15-17,21,26H,6-9,14H2,1-5H3/b19-15-/t21-,23+/m1/s1. The molecule has 5 heteroatoms. The number of rotatable bonds is 5. The molecule has 1 aromatic carbocycles. The van der Waals surface area contributed by atoms with Gasteiger partial charge in [-0.25, -0.2) is 4.79 Å². The van der Waals surface area contributed by atoms with Gasteiger partial charge in [0.1, 0.15) is 0 Å². The van der Waals surface area contributed by atoms with Crippen LogP contribution in [0.15, 0.2) is 40.6 Å². The minimum Gasteiger partial charge on any atom is -0.418 e. The summed E-state index contributed by atoms with van der Waals surface area (Å²) < 4.78 is 6.62. The van der Waals surface area contributed by atoms with Crippen molar-refractivity contribution in [3.63, 3.8) is 0 Å². The van der Waals surface area contributed by atoms with E-state index in [-0.39, 0.29) is 18.2 Å². The van der Waals surface area contributed by atoms with Crippen LogP contribution in [0, 0.1) is 5.41 Å². The molecule has 1 aliphatic carbocycles. The first-order chi connectivity index (χ1) is 13.2. The third kappa shape index (κ3) is 5.38. The van der Waals surface area contributed by atoms with E-state index in [2.05, 4.69) is 22.9 Å². The molecule has 0 bridgehead atoms. The Kier molecular flexibility index (Phi) is 8.14. The molecule has 1 N–H and O–H groups in total. The summed E-state index contributed by atoms with van der Waals surface area (Å²) in [5, 5.41) is 11.2. The van der Waals surface area contributed by atoms with E-state index < -0.39 is 11.5 Å². The van der Waals surface area contributed by atoms with Crippen molar-refractivity contribution < 1.29 is 14.6 Å². The number of ether oxygens (including phenoxy) is 1. The first-order valence-corrected chi connectivity index (χ1v) is 11.1. The van der Waals surface area contributed by atoms with Gasteiger partial charge in [-0.2, -0.15) is 0 Å². The zero-order chi connectivity index (χ0) is 20.9. The molecule has 2 atom stereocenters. The molecule has 4 nitrogen and oxygen atoms in total. The number of carbonyl (C=O) groups excluding carboxylic acids is 1. The molecule has 1 saturated carbocycles. The first kappa shape index (κ1) is 23.0. The van der Waals surface area contributed by atoms with Crippen LogP contribution in [0.5, 0.6) is 0 Å². The largest absolute Gasteiger partial charge is 0.418 e. The Labute approximate surface area is 178 Å². The zero-order valence-corrected chi connectivity index (χ0v) is 19.3. The van der Waals surface area contributed by atoms with E-state index in [0.717, 1.165) is 47.7 Å². The Hall–Kier alpha value is -1.33. The van der Waals surface area contributed by atoms with Gasteiger partial charge in [0, 0.05) is 22.0 Å². The molecule has 2 rings (SSSR count). The summed E-state index contributed by atoms with van der Waals surface area (Å²) in [6, 6.07) is 7.94. The van der Waals surface area contributed by atoms with Crippen LogP contribution in [0.25, 0.3) is 0 Å². The van der Waals surface area contributed by atoms with E-state index in [4.69, 9.17) is 4.74 Å². The molecule has 0 unspecified atom stereocenters. The van der Waals surface area contributed by atoms with E-state index in [9.17, 15) is 9.90 Å². The van der Waals surface area contributed by atoms with Crippen molar-refractivity contribution in [1.29, 1.82) is 0 Å². The predicted molar refractivity (Wildman–Crippen MR) is 117 cm³/mol. The minimum absolute atomic E-state index is 0.0692. The molecule has 1 aromatic rings. The Morgan fingerprint density at radius 3 is 2.32 bits per heavy atom.